The molecule has 2 N–H and O–H groups in total. The third-order valence-electron chi connectivity index (χ3n) is 4.11. The Hall–Kier alpha value is -1.62. The molecule has 1 aromatic rings. The second kappa shape index (κ2) is 5.79. The van der Waals surface area contributed by atoms with Crippen LogP contribution >= 0.6 is 0 Å². The fourth-order valence-electron chi connectivity index (χ4n) is 2.93. The van der Waals surface area contributed by atoms with Gasteiger partial charge >= 0.3 is 0 Å². The average molecular weight is 281 g/mol. The summed E-state index contributed by atoms with van der Waals surface area (Å²) in [5.41, 5.74) is 0.0319. The minimum Gasteiger partial charge on any atom is -0.505 e. The van der Waals surface area contributed by atoms with Crippen LogP contribution in [0, 0.1) is 11.2 Å². The number of aliphatic hydroxyl groups is 1. The first kappa shape index (κ1) is 14.8. The smallest absolute Gasteiger partial charge is 0.253 e. The molecule has 0 spiro atoms. The molecule has 2 rings (SSSR count). The van der Waals surface area contributed by atoms with Gasteiger partial charge in [-0.05, 0) is 31.0 Å². The molecule has 0 aliphatic heterocycles. The number of carbonyl (C=O) groups excluding carboxylic acids is 1. The molecule has 0 saturated heterocycles. The van der Waals surface area contributed by atoms with E-state index in [9.17, 15) is 19.4 Å². The number of carbonyl (C=O) groups is 1. The van der Waals surface area contributed by atoms with Crippen molar-refractivity contribution in [2.75, 3.05) is 20.2 Å². The van der Waals surface area contributed by atoms with Crippen molar-refractivity contribution < 1.29 is 19.4 Å². The van der Waals surface area contributed by atoms with Crippen LogP contribution in [-0.2, 0) is 0 Å². The second-order valence-electron chi connectivity index (χ2n) is 5.69. The summed E-state index contributed by atoms with van der Waals surface area (Å²) >= 11 is 0. The number of halogens is 1. The molecule has 0 aromatic heterocycles. The standard InChI is InChI=1S/C15H20FNO3/c1-17(9-15(10-18)6-2-3-7-15)14(20)11-4-5-12(16)13(19)8-11/h4-5,8,18-19H,2-3,6-7,9-10H2,1H3. The molecule has 1 fully saturated rings. The van der Waals surface area contributed by atoms with Gasteiger partial charge in [0.15, 0.2) is 11.6 Å². The summed E-state index contributed by atoms with van der Waals surface area (Å²) in [6.07, 6.45) is 3.96. The minimum atomic E-state index is -0.744. The molecule has 4 nitrogen and oxygen atoms in total. The third kappa shape index (κ3) is 2.93. The molecular weight excluding hydrogens is 261 g/mol. The lowest BCUT2D eigenvalue weighted by Gasteiger charge is -2.31. The zero-order valence-electron chi connectivity index (χ0n) is 11.6. The Morgan fingerprint density at radius 3 is 2.60 bits per heavy atom. The first-order valence-corrected chi connectivity index (χ1v) is 6.82. The summed E-state index contributed by atoms with van der Waals surface area (Å²) in [6, 6.07) is 3.57. The van der Waals surface area contributed by atoms with Crippen LogP contribution in [0.25, 0.3) is 0 Å². The Bertz CT molecular complexity index is 498. The average Bonchev–Trinajstić information content (AvgIpc) is 2.90. The Morgan fingerprint density at radius 1 is 1.40 bits per heavy atom. The number of aromatic hydroxyl groups is 1. The lowest BCUT2D eigenvalue weighted by atomic mass is 9.86. The number of hydrogen-bond donors (Lipinski definition) is 2. The van der Waals surface area contributed by atoms with E-state index in [1.54, 1.807) is 7.05 Å². The first-order valence-electron chi connectivity index (χ1n) is 6.82. The van der Waals surface area contributed by atoms with Crippen LogP contribution in [0.15, 0.2) is 18.2 Å². The van der Waals surface area contributed by atoms with Crippen molar-refractivity contribution >= 4 is 5.91 Å². The van der Waals surface area contributed by atoms with Crippen LogP contribution in [0.4, 0.5) is 4.39 Å². The number of aliphatic hydroxyl groups excluding tert-OH is 1. The minimum absolute atomic E-state index is 0.0687. The summed E-state index contributed by atoms with van der Waals surface area (Å²) in [5.74, 6) is -1.55. The van der Waals surface area contributed by atoms with Crippen molar-refractivity contribution in [3.05, 3.63) is 29.6 Å². The van der Waals surface area contributed by atoms with Crippen molar-refractivity contribution in [1.29, 1.82) is 0 Å². The van der Waals surface area contributed by atoms with Crippen molar-refractivity contribution in [2.45, 2.75) is 25.7 Å². The quantitative estimate of drug-likeness (QED) is 0.889. The number of nitrogens with zero attached hydrogens (tertiary/aromatic N) is 1. The monoisotopic (exact) mass is 281 g/mol. The number of phenolic OH excluding ortho intramolecular Hbond substituents is 1. The van der Waals surface area contributed by atoms with Crippen molar-refractivity contribution in [2.24, 2.45) is 5.41 Å². The topological polar surface area (TPSA) is 60.8 Å². The number of phenols is 1. The zero-order chi connectivity index (χ0) is 14.8. The second-order valence-corrected chi connectivity index (χ2v) is 5.69. The number of amides is 1. The van der Waals surface area contributed by atoms with E-state index in [1.165, 1.54) is 11.0 Å². The maximum Gasteiger partial charge on any atom is 0.253 e. The molecule has 1 amide bonds. The fraction of sp³-hybridized carbons (Fsp3) is 0.533. The zero-order valence-corrected chi connectivity index (χ0v) is 11.6. The van der Waals surface area contributed by atoms with E-state index in [2.05, 4.69) is 0 Å². The van der Waals surface area contributed by atoms with E-state index in [4.69, 9.17) is 0 Å². The molecule has 0 unspecified atom stereocenters. The van der Waals surface area contributed by atoms with Crippen molar-refractivity contribution in [3.63, 3.8) is 0 Å². The molecule has 0 bridgehead atoms. The maximum atomic E-state index is 13.0. The molecule has 110 valence electrons. The molecule has 0 atom stereocenters. The van der Waals surface area contributed by atoms with Crippen molar-refractivity contribution in [1.82, 2.24) is 4.90 Å². The highest BCUT2D eigenvalue weighted by molar-refractivity contribution is 5.94. The number of hydrogen-bond acceptors (Lipinski definition) is 3. The lowest BCUT2D eigenvalue weighted by molar-refractivity contribution is 0.0594. The van der Waals surface area contributed by atoms with Gasteiger partial charge in [0.2, 0.25) is 0 Å². The Kier molecular flexibility index (Phi) is 4.28. The van der Waals surface area contributed by atoms with Gasteiger partial charge in [-0.3, -0.25) is 4.79 Å². The van der Waals surface area contributed by atoms with Gasteiger partial charge in [0.25, 0.3) is 5.91 Å². The van der Waals surface area contributed by atoms with Crippen LogP contribution in [0.3, 0.4) is 0 Å². The Balaban J connectivity index is 2.10. The number of benzene rings is 1. The Labute approximate surface area is 117 Å². The predicted octanol–water partition coefficient (Wildman–Crippen LogP) is 2.16. The van der Waals surface area contributed by atoms with Crippen LogP contribution in [0.1, 0.15) is 36.0 Å². The summed E-state index contributed by atoms with van der Waals surface area (Å²) in [6.45, 7) is 0.541. The fourth-order valence-corrected chi connectivity index (χ4v) is 2.93. The molecule has 1 aromatic carbocycles. The molecule has 1 aliphatic rings. The summed E-state index contributed by atoms with van der Waals surface area (Å²) in [4.78, 5) is 13.8. The van der Waals surface area contributed by atoms with Gasteiger partial charge in [0.05, 0.1) is 6.61 Å². The molecule has 1 saturated carbocycles. The van der Waals surface area contributed by atoms with Gasteiger partial charge in [0, 0.05) is 24.6 Å². The molecule has 0 heterocycles. The lowest BCUT2D eigenvalue weighted by Crippen LogP contribution is -2.39. The highest BCUT2D eigenvalue weighted by Gasteiger charge is 2.35. The highest BCUT2D eigenvalue weighted by atomic mass is 19.1. The van der Waals surface area contributed by atoms with Crippen molar-refractivity contribution in [3.8, 4) is 5.75 Å². The summed E-state index contributed by atoms with van der Waals surface area (Å²) in [5, 5.41) is 18.9. The van der Waals surface area contributed by atoms with E-state index in [0.29, 0.717) is 6.54 Å². The normalized spacial score (nSPS) is 17.1. The molecule has 1 aliphatic carbocycles. The molecule has 0 radical (unpaired) electrons. The molecule has 20 heavy (non-hydrogen) atoms. The van der Waals surface area contributed by atoms with Gasteiger partial charge < -0.3 is 15.1 Å². The third-order valence-corrected chi connectivity index (χ3v) is 4.11. The van der Waals surface area contributed by atoms with Gasteiger partial charge in [-0.25, -0.2) is 4.39 Å². The maximum absolute atomic E-state index is 13.0. The Morgan fingerprint density at radius 2 is 2.05 bits per heavy atom. The van der Waals surface area contributed by atoms with Crippen LogP contribution in [0.2, 0.25) is 0 Å². The molecule has 5 heteroatoms. The van der Waals surface area contributed by atoms with E-state index >= 15 is 0 Å². The predicted molar refractivity (Wildman–Crippen MR) is 73.0 cm³/mol. The van der Waals surface area contributed by atoms with Crippen LogP contribution in [-0.4, -0.2) is 41.2 Å². The van der Waals surface area contributed by atoms with E-state index in [0.717, 1.165) is 37.8 Å². The van der Waals surface area contributed by atoms with Crippen LogP contribution in [0.5, 0.6) is 5.75 Å². The summed E-state index contributed by atoms with van der Waals surface area (Å²) < 4.78 is 13.0. The first-order chi connectivity index (χ1) is 9.47. The van der Waals surface area contributed by atoms with E-state index in [-0.39, 0.29) is 23.5 Å². The van der Waals surface area contributed by atoms with Gasteiger partial charge in [-0.15, -0.1) is 0 Å². The van der Waals surface area contributed by atoms with Gasteiger partial charge in [-0.2, -0.15) is 0 Å². The molecular formula is C15H20FNO3. The van der Waals surface area contributed by atoms with Gasteiger partial charge in [-0.1, -0.05) is 12.8 Å². The number of rotatable bonds is 4. The van der Waals surface area contributed by atoms with Gasteiger partial charge in [0.1, 0.15) is 0 Å². The SMILES string of the molecule is CN(CC1(CO)CCCC1)C(=O)c1ccc(F)c(O)c1. The van der Waals surface area contributed by atoms with Crippen LogP contribution < -0.4 is 0 Å². The largest absolute Gasteiger partial charge is 0.505 e. The van der Waals surface area contributed by atoms with E-state index in [1.807, 2.05) is 0 Å². The summed E-state index contributed by atoms with van der Waals surface area (Å²) in [7, 11) is 1.67. The van der Waals surface area contributed by atoms with E-state index < -0.39 is 11.6 Å². The highest BCUT2D eigenvalue weighted by Crippen LogP contribution is 2.38.